The Morgan fingerprint density at radius 2 is 2.21 bits per heavy atom. The Kier molecular flexibility index (Phi) is 1.98. The first-order valence-corrected chi connectivity index (χ1v) is 6.95. The molecule has 1 saturated heterocycles. The number of hydrogen-bond donors (Lipinski definition) is 1. The second kappa shape index (κ2) is 3.18. The Morgan fingerprint density at radius 3 is 3.05 bits per heavy atom. The molecule has 0 unspecified atom stereocenters. The van der Waals surface area contributed by atoms with E-state index in [2.05, 4.69) is 48.3 Å². The van der Waals surface area contributed by atoms with Crippen LogP contribution in [0.1, 0.15) is 24.5 Å². The van der Waals surface area contributed by atoms with Gasteiger partial charge in [0.05, 0.1) is 0 Å². The topological polar surface area (TPSA) is 19.0 Å². The van der Waals surface area contributed by atoms with Crippen LogP contribution in [0.5, 0.6) is 0 Å². The first-order chi connectivity index (χ1) is 8.66. The van der Waals surface area contributed by atoms with Crippen LogP contribution in [0.3, 0.4) is 0 Å². The summed E-state index contributed by atoms with van der Waals surface area (Å²) >= 11 is 0. The second-order valence-electron chi connectivity index (χ2n) is 6.89. The SMILES string of the molecule is CN1C[C@@]2(C)C[C@]23c2cccc4[nH]cc(c24)C[C@@H]13.Cl. The lowest BCUT2D eigenvalue weighted by molar-refractivity contribution is 0.246. The fourth-order valence-electron chi connectivity index (χ4n) is 5.25. The average molecular weight is 275 g/mol. The molecule has 3 aliphatic rings. The van der Waals surface area contributed by atoms with Gasteiger partial charge in [0.1, 0.15) is 0 Å². The zero-order valence-corrected chi connectivity index (χ0v) is 12.2. The number of aromatic nitrogens is 1. The van der Waals surface area contributed by atoms with E-state index in [-0.39, 0.29) is 12.4 Å². The van der Waals surface area contributed by atoms with E-state index in [9.17, 15) is 0 Å². The predicted molar refractivity (Wildman–Crippen MR) is 80.1 cm³/mol. The third-order valence-corrected chi connectivity index (χ3v) is 6.00. The van der Waals surface area contributed by atoms with Gasteiger partial charge < -0.3 is 9.88 Å². The summed E-state index contributed by atoms with van der Waals surface area (Å²) in [6.45, 7) is 3.75. The number of hydrogen-bond acceptors (Lipinski definition) is 1. The van der Waals surface area contributed by atoms with E-state index in [1.54, 1.807) is 5.56 Å². The van der Waals surface area contributed by atoms with E-state index >= 15 is 0 Å². The molecule has 1 N–H and O–H groups in total. The number of likely N-dealkylation sites (N-methyl/N-ethyl adjacent to an activating group) is 1. The number of H-pyrrole nitrogens is 1. The van der Waals surface area contributed by atoms with E-state index in [0.29, 0.717) is 10.8 Å². The van der Waals surface area contributed by atoms with E-state index in [0.717, 1.165) is 6.04 Å². The molecule has 2 fully saturated rings. The average Bonchev–Trinajstić information content (AvgIpc) is 2.68. The molecule has 19 heavy (non-hydrogen) atoms. The highest BCUT2D eigenvalue weighted by Gasteiger charge is 2.74. The molecule has 1 aromatic heterocycles. The minimum absolute atomic E-state index is 0. The van der Waals surface area contributed by atoms with Gasteiger partial charge in [0.25, 0.3) is 0 Å². The molecule has 3 atom stereocenters. The van der Waals surface area contributed by atoms with E-state index in [1.807, 2.05) is 0 Å². The van der Waals surface area contributed by atoms with Gasteiger partial charge in [-0.15, -0.1) is 12.4 Å². The molecular formula is C16H19ClN2. The van der Waals surface area contributed by atoms with Crippen molar-refractivity contribution in [2.75, 3.05) is 13.6 Å². The summed E-state index contributed by atoms with van der Waals surface area (Å²) < 4.78 is 0. The molecular weight excluding hydrogens is 256 g/mol. The fraction of sp³-hybridized carbons (Fsp3) is 0.500. The molecule has 2 aromatic rings. The number of benzene rings is 1. The van der Waals surface area contributed by atoms with Gasteiger partial charge >= 0.3 is 0 Å². The first kappa shape index (κ1) is 11.8. The van der Waals surface area contributed by atoms with Crippen LogP contribution in [0.25, 0.3) is 10.9 Å². The molecule has 2 aliphatic carbocycles. The van der Waals surface area contributed by atoms with Crippen LogP contribution in [0, 0.1) is 5.41 Å². The third kappa shape index (κ3) is 1.06. The molecule has 1 saturated carbocycles. The van der Waals surface area contributed by atoms with Gasteiger partial charge in [-0.25, -0.2) is 0 Å². The standard InChI is InChI=1S/C16H18N2.ClH/c1-15-8-16(15)11-4-3-5-12-14(11)10(7-17-12)6-13(16)18(2)9-15;/h3-5,7,13,17H,6,8-9H2,1-2H3;1H/t13-,15-,16-;/m1./s1. The summed E-state index contributed by atoms with van der Waals surface area (Å²) in [5.41, 5.74) is 5.46. The Morgan fingerprint density at radius 1 is 1.37 bits per heavy atom. The second-order valence-corrected chi connectivity index (χ2v) is 6.89. The van der Waals surface area contributed by atoms with Crippen molar-refractivity contribution in [3.63, 3.8) is 0 Å². The number of halogens is 1. The van der Waals surface area contributed by atoms with E-state index in [1.165, 1.54) is 35.9 Å². The zero-order chi connectivity index (χ0) is 12.1. The van der Waals surface area contributed by atoms with Gasteiger partial charge in [0.2, 0.25) is 0 Å². The summed E-state index contributed by atoms with van der Waals surface area (Å²) in [4.78, 5) is 6.05. The van der Waals surface area contributed by atoms with Crippen molar-refractivity contribution in [3.05, 3.63) is 35.5 Å². The molecule has 0 bridgehead atoms. The molecule has 0 amide bonds. The van der Waals surface area contributed by atoms with Crippen molar-refractivity contribution >= 4 is 23.3 Å². The molecule has 0 radical (unpaired) electrons. The van der Waals surface area contributed by atoms with Crippen molar-refractivity contribution in [1.82, 2.24) is 9.88 Å². The number of rotatable bonds is 0. The quantitative estimate of drug-likeness (QED) is 0.782. The van der Waals surface area contributed by atoms with Crippen LogP contribution in [0.2, 0.25) is 0 Å². The van der Waals surface area contributed by atoms with Gasteiger partial charge in [-0.2, -0.15) is 0 Å². The highest BCUT2D eigenvalue weighted by molar-refractivity contribution is 5.90. The van der Waals surface area contributed by atoms with Gasteiger partial charge in [-0.3, -0.25) is 0 Å². The van der Waals surface area contributed by atoms with Crippen LogP contribution in [0.15, 0.2) is 24.4 Å². The fourth-order valence-corrected chi connectivity index (χ4v) is 5.25. The number of likely N-dealkylation sites (tertiary alicyclic amines) is 1. The first-order valence-electron chi connectivity index (χ1n) is 6.95. The van der Waals surface area contributed by atoms with Gasteiger partial charge in [0, 0.05) is 35.1 Å². The van der Waals surface area contributed by atoms with Gasteiger partial charge in [0.15, 0.2) is 0 Å². The Labute approximate surface area is 119 Å². The Bertz CT molecular complexity index is 691. The summed E-state index contributed by atoms with van der Waals surface area (Å²) in [5.74, 6) is 0. The monoisotopic (exact) mass is 274 g/mol. The third-order valence-electron chi connectivity index (χ3n) is 6.00. The molecule has 2 nitrogen and oxygen atoms in total. The lowest BCUT2D eigenvalue weighted by atomic mass is 9.75. The molecule has 1 aliphatic heterocycles. The van der Waals surface area contributed by atoms with Gasteiger partial charge in [-0.05, 0) is 42.5 Å². The van der Waals surface area contributed by atoms with Crippen LogP contribution < -0.4 is 0 Å². The lowest BCUT2D eigenvalue weighted by Gasteiger charge is -2.34. The largest absolute Gasteiger partial charge is 0.361 e. The van der Waals surface area contributed by atoms with Crippen LogP contribution in [0.4, 0.5) is 0 Å². The Hall–Kier alpha value is -0.990. The van der Waals surface area contributed by atoms with Crippen molar-refractivity contribution in [3.8, 4) is 0 Å². The highest BCUT2D eigenvalue weighted by atomic mass is 35.5. The maximum atomic E-state index is 3.45. The highest BCUT2D eigenvalue weighted by Crippen LogP contribution is 2.73. The van der Waals surface area contributed by atoms with Crippen LogP contribution >= 0.6 is 12.4 Å². The summed E-state index contributed by atoms with van der Waals surface area (Å²) in [7, 11) is 2.31. The van der Waals surface area contributed by atoms with Crippen molar-refractivity contribution in [2.45, 2.75) is 31.2 Å². The molecule has 3 heteroatoms. The van der Waals surface area contributed by atoms with E-state index < -0.39 is 0 Å². The minimum Gasteiger partial charge on any atom is -0.361 e. The molecule has 100 valence electrons. The predicted octanol–water partition coefficient (Wildman–Crippen LogP) is 3.11. The Balaban J connectivity index is 0.000000968. The van der Waals surface area contributed by atoms with Gasteiger partial charge in [-0.1, -0.05) is 19.1 Å². The molecule has 5 rings (SSSR count). The maximum absolute atomic E-state index is 3.45. The normalized spacial score (nSPS) is 38.7. The van der Waals surface area contributed by atoms with Crippen molar-refractivity contribution < 1.29 is 0 Å². The lowest BCUT2D eigenvalue weighted by Crippen LogP contribution is -2.40. The maximum Gasteiger partial charge on any atom is 0.0459 e. The molecule has 1 spiro atoms. The zero-order valence-electron chi connectivity index (χ0n) is 11.4. The minimum atomic E-state index is 0. The van der Waals surface area contributed by atoms with E-state index in [4.69, 9.17) is 0 Å². The smallest absolute Gasteiger partial charge is 0.0459 e. The molecule has 1 aromatic carbocycles. The number of piperidine rings is 1. The van der Waals surface area contributed by atoms with Crippen LogP contribution in [-0.2, 0) is 11.8 Å². The number of aromatic amines is 1. The van der Waals surface area contributed by atoms with Crippen LogP contribution in [-0.4, -0.2) is 29.5 Å². The van der Waals surface area contributed by atoms with Crippen molar-refractivity contribution in [2.24, 2.45) is 5.41 Å². The summed E-state index contributed by atoms with van der Waals surface area (Å²) in [5, 5.41) is 1.53. The number of nitrogens with zero attached hydrogens (tertiary/aromatic N) is 1. The molecule has 2 heterocycles. The summed E-state index contributed by atoms with van der Waals surface area (Å²) in [6, 6.07) is 7.55. The number of nitrogens with one attached hydrogen (secondary N) is 1. The summed E-state index contributed by atoms with van der Waals surface area (Å²) in [6.07, 6.45) is 4.84. The van der Waals surface area contributed by atoms with Crippen molar-refractivity contribution in [1.29, 1.82) is 0 Å².